The number of guanidine groups is 1. The Morgan fingerprint density at radius 2 is 2.13 bits per heavy atom. The molecular formula is C22H30IN7O. The highest BCUT2D eigenvalue weighted by atomic mass is 127. The minimum absolute atomic E-state index is 0. The van der Waals surface area contributed by atoms with E-state index in [1.807, 2.05) is 48.4 Å². The van der Waals surface area contributed by atoms with Crippen LogP contribution in [0.25, 0.3) is 10.9 Å². The molecule has 1 atom stereocenters. The average molecular weight is 535 g/mol. The molecule has 0 bridgehead atoms. The minimum atomic E-state index is 0. The van der Waals surface area contributed by atoms with Crippen LogP contribution >= 0.6 is 24.0 Å². The van der Waals surface area contributed by atoms with Gasteiger partial charge >= 0.3 is 0 Å². The van der Waals surface area contributed by atoms with Crippen LogP contribution in [-0.4, -0.2) is 65.0 Å². The van der Waals surface area contributed by atoms with E-state index in [0.717, 1.165) is 54.4 Å². The van der Waals surface area contributed by atoms with Crippen molar-refractivity contribution in [1.82, 2.24) is 25.0 Å². The zero-order valence-corrected chi connectivity index (χ0v) is 20.3. The number of para-hydroxylation sites is 1. The van der Waals surface area contributed by atoms with Gasteiger partial charge in [0.2, 0.25) is 0 Å². The second kappa shape index (κ2) is 11.3. The molecule has 1 aliphatic heterocycles. The molecule has 166 valence electrons. The Hall–Kier alpha value is -2.40. The summed E-state index contributed by atoms with van der Waals surface area (Å²) in [5.41, 5.74) is 2.09. The van der Waals surface area contributed by atoms with Gasteiger partial charge in [-0.3, -0.25) is 9.67 Å². The third-order valence-corrected chi connectivity index (χ3v) is 5.08. The molecule has 0 spiro atoms. The van der Waals surface area contributed by atoms with E-state index in [1.165, 1.54) is 0 Å². The lowest BCUT2D eigenvalue weighted by Crippen LogP contribution is -2.48. The number of pyridine rings is 1. The highest BCUT2D eigenvalue weighted by molar-refractivity contribution is 14.0. The smallest absolute Gasteiger partial charge is 0.194 e. The van der Waals surface area contributed by atoms with Crippen LogP contribution in [-0.2, 0) is 11.8 Å². The predicted molar refractivity (Wildman–Crippen MR) is 135 cm³/mol. The molecule has 1 aliphatic rings. The van der Waals surface area contributed by atoms with Gasteiger partial charge in [-0.15, -0.1) is 24.0 Å². The lowest BCUT2D eigenvalue weighted by molar-refractivity contribution is -0.00803. The molecule has 2 N–H and O–H groups in total. The lowest BCUT2D eigenvalue weighted by Gasteiger charge is -2.34. The number of halogens is 1. The first-order valence-electron chi connectivity index (χ1n) is 10.5. The maximum absolute atomic E-state index is 5.96. The zero-order valence-electron chi connectivity index (χ0n) is 18.0. The molecule has 0 amide bonds. The molecule has 0 aliphatic carbocycles. The van der Waals surface area contributed by atoms with Gasteiger partial charge in [-0.25, -0.2) is 4.98 Å². The number of aromatic nitrogens is 3. The first-order chi connectivity index (χ1) is 14.7. The maximum Gasteiger partial charge on any atom is 0.194 e. The van der Waals surface area contributed by atoms with Crippen LogP contribution in [0.5, 0.6) is 0 Å². The first kappa shape index (κ1) is 23.3. The van der Waals surface area contributed by atoms with Crippen molar-refractivity contribution in [2.24, 2.45) is 12.0 Å². The highest BCUT2D eigenvalue weighted by Crippen LogP contribution is 2.21. The van der Waals surface area contributed by atoms with Crippen LogP contribution < -0.4 is 10.6 Å². The number of nitrogens with zero attached hydrogens (tertiary/aromatic N) is 5. The van der Waals surface area contributed by atoms with Gasteiger partial charge in [0.1, 0.15) is 11.9 Å². The third kappa shape index (κ3) is 6.07. The molecule has 2 aromatic heterocycles. The Morgan fingerprint density at radius 1 is 1.26 bits per heavy atom. The van der Waals surface area contributed by atoms with E-state index in [4.69, 9.17) is 9.73 Å². The van der Waals surface area contributed by atoms with E-state index >= 15 is 0 Å². The van der Waals surface area contributed by atoms with Gasteiger partial charge in [0, 0.05) is 43.8 Å². The van der Waals surface area contributed by atoms with Crippen LogP contribution in [0.1, 0.15) is 18.6 Å². The molecule has 1 aromatic carbocycles. The summed E-state index contributed by atoms with van der Waals surface area (Å²) in [6.45, 7) is 6.55. The fraction of sp³-hybridized carbons (Fsp3) is 0.409. The Kier molecular flexibility index (Phi) is 8.47. The maximum atomic E-state index is 5.96. The number of ether oxygens (including phenoxy) is 1. The fourth-order valence-electron chi connectivity index (χ4n) is 3.59. The van der Waals surface area contributed by atoms with Gasteiger partial charge in [-0.2, -0.15) is 5.10 Å². The van der Waals surface area contributed by atoms with Crippen molar-refractivity contribution in [3.05, 3.63) is 54.4 Å². The van der Waals surface area contributed by atoms with Crippen LogP contribution in [0.4, 0.5) is 5.82 Å². The van der Waals surface area contributed by atoms with E-state index in [0.29, 0.717) is 13.2 Å². The van der Waals surface area contributed by atoms with Crippen molar-refractivity contribution in [1.29, 1.82) is 0 Å². The van der Waals surface area contributed by atoms with Crippen molar-refractivity contribution in [3.63, 3.8) is 0 Å². The summed E-state index contributed by atoms with van der Waals surface area (Å²) in [6.07, 6.45) is 3.90. The number of hydrogen-bond acceptors (Lipinski definition) is 5. The minimum Gasteiger partial charge on any atom is -0.370 e. The Labute approximate surface area is 200 Å². The van der Waals surface area contributed by atoms with Gasteiger partial charge in [-0.05, 0) is 25.1 Å². The summed E-state index contributed by atoms with van der Waals surface area (Å²) in [7, 11) is 1.92. The monoisotopic (exact) mass is 535 g/mol. The zero-order chi connectivity index (χ0) is 20.8. The Balaban J connectivity index is 0.00000272. The number of fused-ring (bicyclic) bond motifs is 1. The molecule has 1 fully saturated rings. The van der Waals surface area contributed by atoms with E-state index in [2.05, 4.69) is 44.7 Å². The third-order valence-electron chi connectivity index (χ3n) is 5.08. The second-order valence-electron chi connectivity index (χ2n) is 7.30. The molecule has 9 heteroatoms. The van der Waals surface area contributed by atoms with Gasteiger partial charge < -0.3 is 20.3 Å². The van der Waals surface area contributed by atoms with Crippen LogP contribution in [0.15, 0.2) is 53.8 Å². The standard InChI is InChI=1S/C22H29N7O.HI/c1-3-23-22(29-12-13-30-20(16-29)18-14-26-28(2)15-18)25-11-10-24-21-9-8-17-6-4-5-7-19(17)27-21;/h4-9,14-15,20H,3,10-13,16H2,1-2H3,(H,23,25)(H,24,27);1H. The van der Waals surface area contributed by atoms with Gasteiger partial charge in [0.15, 0.2) is 5.96 Å². The van der Waals surface area contributed by atoms with Crippen molar-refractivity contribution < 1.29 is 4.74 Å². The molecule has 3 heterocycles. The molecular weight excluding hydrogens is 505 g/mol. The summed E-state index contributed by atoms with van der Waals surface area (Å²) in [4.78, 5) is 11.7. The van der Waals surface area contributed by atoms with E-state index < -0.39 is 0 Å². The first-order valence-corrected chi connectivity index (χ1v) is 10.5. The largest absolute Gasteiger partial charge is 0.370 e. The molecule has 0 saturated carbocycles. The number of aryl methyl sites for hydroxylation is 1. The molecule has 4 rings (SSSR count). The summed E-state index contributed by atoms with van der Waals surface area (Å²) >= 11 is 0. The molecule has 31 heavy (non-hydrogen) atoms. The summed E-state index contributed by atoms with van der Waals surface area (Å²) in [6, 6.07) is 12.2. The molecule has 1 saturated heterocycles. The molecule has 0 radical (unpaired) electrons. The number of anilines is 1. The molecule has 8 nitrogen and oxygen atoms in total. The van der Waals surface area contributed by atoms with Crippen LogP contribution in [0.2, 0.25) is 0 Å². The quantitative estimate of drug-likeness (QED) is 0.219. The van der Waals surface area contributed by atoms with Gasteiger partial charge in [-0.1, -0.05) is 18.2 Å². The van der Waals surface area contributed by atoms with E-state index in [9.17, 15) is 0 Å². The number of nitrogens with one attached hydrogen (secondary N) is 2. The average Bonchev–Trinajstić information content (AvgIpc) is 3.22. The number of benzene rings is 1. The second-order valence-corrected chi connectivity index (χ2v) is 7.30. The summed E-state index contributed by atoms with van der Waals surface area (Å²) in [5.74, 6) is 1.79. The van der Waals surface area contributed by atoms with Gasteiger partial charge in [0.25, 0.3) is 0 Å². The van der Waals surface area contributed by atoms with Gasteiger partial charge in [0.05, 0.1) is 31.4 Å². The van der Waals surface area contributed by atoms with Crippen LogP contribution in [0, 0.1) is 0 Å². The topological polar surface area (TPSA) is 79.6 Å². The van der Waals surface area contributed by atoms with Crippen molar-refractivity contribution >= 4 is 46.7 Å². The predicted octanol–water partition coefficient (Wildman–Crippen LogP) is 3.04. The fourth-order valence-corrected chi connectivity index (χ4v) is 3.59. The van der Waals surface area contributed by atoms with Crippen molar-refractivity contribution in [2.45, 2.75) is 13.0 Å². The van der Waals surface area contributed by atoms with Crippen LogP contribution in [0.3, 0.4) is 0 Å². The number of morpholine rings is 1. The normalized spacial score (nSPS) is 16.8. The number of rotatable bonds is 6. The molecule has 3 aromatic rings. The number of aliphatic imine (C=N–C) groups is 1. The van der Waals surface area contributed by atoms with E-state index in [-0.39, 0.29) is 30.1 Å². The van der Waals surface area contributed by atoms with Crippen molar-refractivity contribution in [2.75, 3.05) is 44.6 Å². The summed E-state index contributed by atoms with van der Waals surface area (Å²) < 4.78 is 7.77. The highest BCUT2D eigenvalue weighted by Gasteiger charge is 2.25. The Morgan fingerprint density at radius 3 is 2.94 bits per heavy atom. The number of hydrogen-bond donors (Lipinski definition) is 2. The van der Waals surface area contributed by atoms with Crippen molar-refractivity contribution in [3.8, 4) is 0 Å². The van der Waals surface area contributed by atoms with E-state index in [1.54, 1.807) is 0 Å². The Bertz CT molecular complexity index is 1010. The SMILES string of the molecule is CCNC(=NCCNc1ccc2ccccc2n1)N1CCOC(c2cnn(C)c2)C1.I. The summed E-state index contributed by atoms with van der Waals surface area (Å²) in [5, 5.41) is 12.2. The molecule has 1 unspecified atom stereocenters. The lowest BCUT2D eigenvalue weighted by atomic mass is 10.1.